The lowest BCUT2D eigenvalue weighted by Crippen LogP contribution is -2.15. The molecule has 1 unspecified atom stereocenters. The Morgan fingerprint density at radius 2 is 1.03 bits per heavy atom. The Morgan fingerprint density at radius 1 is 0.645 bits per heavy atom. The quantitative estimate of drug-likeness (QED) is 0.295. The molecule has 2 rings (SSSR count). The minimum Gasteiger partial charge on any atom is -0.290 e. The van der Waals surface area contributed by atoms with E-state index in [2.05, 4.69) is 52.8 Å². The van der Waals surface area contributed by atoms with Crippen molar-refractivity contribution in [3.63, 3.8) is 0 Å². The average molecular weight is 425 g/mol. The first-order valence-corrected chi connectivity index (χ1v) is 12.4. The SMILES string of the molecule is CCCc1cc(CCC)cc(C(=O)C(F)c2c(CCC)cc(CCC)cc2CCC)c1. The maximum absolute atomic E-state index is 16.0. The van der Waals surface area contributed by atoms with Gasteiger partial charge in [0.05, 0.1) is 0 Å². The highest BCUT2D eigenvalue weighted by Crippen LogP contribution is 2.33. The minimum absolute atomic E-state index is 0.381. The third kappa shape index (κ3) is 6.76. The molecule has 0 aliphatic rings. The maximum Gasteiger partial charge on any atom is 0.201 e. The molecule has 0 heterocycles. The van der Waals surface area contributed by atoms with Gasteiger partial charge >= 0.3 is 0 Å². The van der Waals surface area contributed by atoms with Crippen molar-refractivity contribution < 1.29 is 9.18 Å². The van der Waals surface area contributed by atoms with Gasteiger partial charge in [0.25, 0.3) is 0 Å². The largest absolute Gasteiger partial charge is 0.290 e. The summed E-state index contributed by atoms with van der Waals surface area (Å²) in [6.07, 6.45) is 7.86. The highest BCUT2D eigenvalue weighted by atomic mass is 19.1. The Balaban J connectivity index is 2.53. The van der Waals surface area contributed by atoms with Crippen LogP contribution in [0.4, 0.5) is 4.39 Å². The van der Waals surface area contributed by atoms with Crippen LogP contribution < -0.4 is 0 Å². The normalized spacial score (nSPS) is 12.2. The van der Waals surface area contributed by atoms with Gasteiger partial charge in [-0.2, -0.15) is 0 Å². The summed E-state index contributed by atoms with van der Waals surface area (Å²) in [6.45, 7) is 10.7. The van der Waals surface area contributed by atoms with Crippen LogP contribution in [0.3, 0.4) is 0 Å². The maximum atomic E-state index is 16.0. The molecule has 1 nitrogen and oxygen atoms in total. The summed E-state index contributed by atoms with van der Waals surface area (Å²) in [4.78, 5) is 13.4. The molecule has 2 heteroatoms. The van der Waals surface area contributed by atoms with Crippen molar-refractivity contribution in [2.75, 3.05) is 0 Å². The molecule has 0 aliphatic carbocycles. The lowest BCUT2D eigenvalue weighted by atomic mass is 9.86. The summed E-state index contributed by atoms with van der Waals surface area (Å²) >= 11 is 0. The van der Waals surface area contributed by atoms with Gasteiger partial charge in [-0.25, -0.2) is 4.39 Å². The first kappa shape index (κ1) is 25.3. The van der Waals surface area contributed by atoms with E-state index < -0.39 is 6.17 Å². The molecule has 1 atom stereocenters. The van der Waals surface area contributed by atoms with Gasteiger partial charge in [-0.05, 0) is 72.1 Å². The Kier molecular flexibility index (Phi) is 10.4. The van der Waals surface area contributed by atoms with Crippen molar-refractivity contribution in [3.8, 4) is 0 Å². The van der Waals surface area contributed by atoms with Gasteiger partial charge in [0.1, 0.15) is 0 Å². The van der Waals surface area contributed by atoms with Crippen LogP contribution in [0.2, 0.25) is 0 Å². The van der Waals surface area contributed by atoms with E-state index in [9.17, 15) is 4.79 Å². The van der Waals surface area contributed by atoms with Gasteiger partial charge in [-0.3, -0.25) is 4.79 Å². The molecule has 0 aromatic heterocycles. The number of Topliss-reactive ketones (excluding diaryl/α,β-unsaturated/α-hetero) is 1. The van der Waals surface area contributed by atoms with E-state index in [1.807, 2.05) is 12.1 Å². The molecule has 2 aromatic rings. The first-order chi connectivity index (χ1) is 15.0. The molecule has 0 aliphatic heterocycles. The number of benzene rings is 2. The lowest BCUT2D eigenvalue weighted by Gasteiger charge is -2.20. The van der Waals surface area contributed by atoms with E-state index in [1.54, 1.807) is 0 Å². The molecular weight excluding hydrogens is 383 g/mol. The average Bonchev–Trinajstić information content (AvgIpc) is 2.74. The van der Waals surface area contributed by atoms with Crippen LogP contribution in [0.5, 0.6) is 0 Å². The molecule has 0 bridgehead atoms. The molecule has 0 saturated carbocycles. The van der Waals surface area contributed by atoms with Crippen molar-refractivity contribution in [2.24, 2.45) is 0 Å². The van der Waals surface area contributed by atoms with E-state index in [4.69, 9.17) is 0 Å². The second kappa shape index (κ2) is 12.8. The monoisotopic (exact) mass is 424 g/mol. The number of alkyl halides is 1. The van der Waals surface area contributed by atoms with Gasteiger partial charge in [0.2, 0.25) is 5.78 Å². The van der Waals surface area contributed by atoms with Crippen molar-refractivity contribution in [1.82, 2.24) is 0 Å². The second-order valence-electron chi connectivity index (χ2n) is 8.84. The molecule has 170 valence electrons. The number of hydrogen-bond donors (Lipinski definition) is 0. The summed E-state index contributed by atoms with van der Waals surface area (Å²) in [7, 11) is 0. The van der Waals surface area contributed by atoms with E-state index in [0.717, 1.165) is 86.5 Å². The van der Waals surface area contributed by atoms with Gasteiger partial charge in [-0.1, -0.05) is 84.9 Å². The fraction of sp³-hybridized carbons (Fsp3) is 0.552. The summed E-state index contributed by atoms with van der Waals surface area (Å²) in [5.74, 6) is -0.381. The topological polar surface area (TPSA) is 17.1 Å². The molecule has 0 saturated heterocycles. The standard InChI is InChI=1S/C29H41FO/c1-6-11-21-16-22(12-7-2)20-26(19-21)29(31)28(30)27-24(14-9-4)17-23(13-8-3)18-25(27)15-10-5/h16-20,28H,6-15H2,1-5H3. The Bertz CT molecular complexity index is 801. The van der Waals surface area contributed by atoms with Crippen molar-refractivity contribution in [2.45, 2.75) is 105 Å². The van der Waals surface area contributed by atoms with E-state index in [-0.39, 0.29) is 5.78 Å². The Hall–Kier alpha value is -1.96. The van der Waals surface area contributed by atoms with Crippen LogP contribution >= 0.6 is 0 Å². The lowest BCUT2D eigenvalue weighted by molar-refractivity contribution is 0.0875. The van der Waals surface area contributed by atoms with Crippen LogP contribution in [0, 0.1) is 0 Å². The predicted molar refractivity (Wildman–Crippen MR) is 131 cm³/mol. The summed E-state index contributed by atoms with van der Waals surface area (Å²) in [5.41, 5.74) is 6.78. The minimum atomic E-state index is -1.59. The van der Waals surface area contributed by atoms with Crippen LogP contribution in [-0.2, 0) is 32.1 Å². The number of rotatable bonds is 13. The zero-order chi connectivity index (χ0) is 22.8. The van der Waals surface area contributed by atoms with Crippen molar-refractivity contribution in [3.05, 3.63) is 69.3 Å². The molecule has 2 aromatic carbocycles. The molecule has 0 spiro atoms. The van der Waals surface area contributed by atoms with Gasteiger partial charge in [0, 0.05) is 11.1 Å². The number of hydrogen-bond acceptors (Lipinski definition) is 1. The van der Waals surface area contributed by atoms with E-state index in [1.165, 1.54) is 5.56 Å². The molecule has 0 fully saturated rings. The van der Waals surface area contributed by atoms with Crippen LogP contribution in [0.15, 0.2) is 30.3 Å². The zero-order valence-electron chi connectivity index (χ0n) is 20.3. The summed E-state index contributed by atoms with van der Waals surface area (Å²) in [5, 5.41) is 0. The Morgan fingerprint density at radius 3 is 1.42 bits per heavy atom. The fourth-order valence-electron chi connectivity index (χ4n) is 4.61. The molecule has 0 radical (unpaired) electrons. The zero-order valence-corrected chi connectivity index (χ0v) is 20.3. The van der Waals surface area contributed by atoms with Crippen LogP contribution in [0.25, 0.3) is 0 Å². The fourth-order valence-corrected chi connectivity index (χ4v) is 4.61. The van der Waals surface area contributed by atoms with Gasteiger partial charge in [-0.15, -0.1) is 0 Å². The first-order valence-electron chi connectivity index (χ1n) is 12.4. The summed E-state index contributed by atoms with van der Waals surface area (Å²) < 4.78 is 16.0. The number of ketones is 1. The van der Waals surface area contributed by atoms with Crippen LogP contribution in [-0.4, -0.2) is 5.78 Å². The van der Waals surface area contributed by atoms with Gasteiger partial charge in [0.15, 0.2) is 6.17 Å². The Labute approximate surface area is 189 Å². The smallest absolute Gasteiger partial charge is 0.201 e. The van der Waals surface area contributed by atoms with E-state index >= 15 is 4.39 Å². The number of aryl methyl sites for hydroxylation is 5. The second-order valence-corrected chi connectivity index (χ2v) is 8.84. The highest BCUT2D eigenvalue weighted by Gasteiger charge is 2.27. The molecular formula is C29H41FO. The third-order valence-electron chi connectivity index (χ3n) is 5.89. The predicted octanol–water partition coefficient (Wildman–Crippen LogP) is 8.34. The van der Waals surface area contributed by atoms with E-state index in [0.29, 0.717) is 11.1 Å². The third-order valence-corrected chi connectivity index (χ3v) is 5.89. The van der Waals surface area contributed by atoms with Crippen molar-refractivity contribution in [1.29, 1.82) is 0 Å². The van der Waals surface area contributed by atoms with Crippen molar-refractivity contribution >= 4 is 5.78 Å². The molecule has 31 heavy (non-hydrogen) atoms. The number of halogens is 1. The van der Waals surface area contributed by atoms with Crippen LogP contribution in [0.1, 0.15) is 117 Å². The highest BCUT2D eigenvalue weighted by molar-refractivity contribution is 6.00. The molecule has 0 N–H and O–H groups in total. The molecule has 0 amide bonds. The summed E-state index contributed by atoms with van der Waals surface area (Å²) in [6, 6.07) is 10.3. The number of carbonyl (C=O) groups excluding carboxylic acids is 1. The van der Waals surface area contributed by atoms with Gasteiger partial charge < -0.3 is 0 Å². The number of carbonyl (C=O) groups is 1.